The van der Waals surface area contributed by atoms with Gasteiger partial charge in [0, 0.05) is 12.7 Å². The molecule has 0 radical (unpaired) electrons. The van der Waals surface area contributed by atoms with Crippen molar-refractivity contribution in [3.63, 3.8) is 0 Å². The van der Waals surface area contributed by atoms with Gasteiger partial charge in [-0.15, -0.1) is 24.8 Å². The maximum atomic E-state index is 11.7. The number of pyridine rings is 1. The SMILES string of the molecule is Cl.Cl.O=C(NCC1CCNC1)c1ccc(Cl)cn1. The molecule has 2 rings (SSSR count). The molecule has 0 aliphatic carbocycles. The van der Waals surface area contributed by atoms with E-state index in [-0.39, 0.29) is 30.7 Å². The summed E-state index contributed by atoms with van der Waals surface area (Å²) >= 11 is 5.69. The minimum absolute atomic E-state index is 0. The van der Waals surface area contributed by atoms with Crippen LogP contribution >= 0.6 is 36.4 Å². The van der Waals surface area contributed by atoms with Crippen LogP contribution in [0.2, 0.25) is 5.02 Å². The van der Waals surface area contributed by atoms with E-state index in [0.717, 1.165) is 19.5 Å². The number of aromatic nitrogens is 1. The zero-order chi connectivity index (χ0) is 11.4. The van der Waals surface area contributed by atoms with E-state index in [1.54, 1.807) is 12.1 Å². The molecule has 18 heavy (non-hydrogen) atoms. The van der Waals surface area contributed by atoms with Crippen LogP contribution in [0, 0.1) is 5.92 Å². The van der Waals surface area contributed by atoms with E-state index >= 15 is 0 Å². The molecule has 1 aromatic rings. The standard InChI is InChI=1S/C11H14ClN3O.2ClH/c12-9-1-2-10(14-7-9)11(16)15-6-8-3-4-13-5-8;;/h1-2,7-8,13H,3-6H2,(H,15,16);2*1H. The van der Waals surface area contributed by atoms with E-state index in [1.807, 2.05) is 0 Å². The number of carbonyl (C=O) groups is 1. The van der Waals surface area contributed by atoms with Gasteiger partial charge in [-0.05, 0) is 37.6 Å². The van der Waals surface area contributed by atoms with Crippen LogP contribution in [0.4, 0.5) is 0 Å². The minimum Gasteiger partial charge on any atom is -0.350 e. The molecule has 1 fully saturated rings. The first-order valence-electron chi connectivity index (χ1n) is 5.36. The maximum Gasteiger partial charge on any atom is 0.269 e. The number of amides is 1. The van der Waals surface area contributed by atoms with Crippen LogP contribution < -0.4 is 10.6 Å². The molecular weight excluding hydrogens is 296 g/mol. The lowest BCUT2D eigenvalue weighted by molar-refractivity contribution is 0.0943. The molecule has 1 unspecified atom stereocenters. The lowest BCUT2D eigenvalue weighted by Gasteiger charge is -2.09. The van der Waals surface area contributed by atoms with Crippen molar-refractivity contribution in [2.24, 2.45) is 5.92 Å². The lowest BCUT2D eigenvalue weighted by Crippen LogP contribution is -2.30. The largest absolute Gasteiger partial charge is 0.350 e. The molecule has 1 saturated heterocycles. The minimum atomic E-state index is -0.136. The molecule has 2 heterocycles. The monoisotopic (exact) mass is 311 g/mol. The highest BCUT2D eigenvalue weighted by molar-refractivity contribution is 6.30. The van der Waals surface area contributed by atoms with Gasteiger partial charge in [0.15, 0.2) is 0 Å². The predicted molar refractivity (Wildman–Crippen MR) is 77.1 cm³/mol. The van der Waals surface area contributed by atoms with Crippen LogP contribution in [0.3, 0.4) is 0 Å². The predicted octanol–water partition coefficient (Wildman–Crippen LogP) is 1.92. The van der Waals surface area contributed by atoms with Crippen molar-refractivity contribution in [2.45, 2.75) is 6.42 Å². The van der Waals surface area contributed by atoms with E-state index in [9.17, 15) is 4.79 Å². The van der Waals surface area contributed by atoms with Gasteiger partial charge >= 0.3 is 0 Å². The van der Waals surface area contributed by atoms with Crippen LogP contribution in [-0.2, 0) is 0 Å². The molecule has 1 aliphatic rings. The Hall–Kier alpha value is -0.550. The number of nitrogens with zero attached hydrogens (tertiary/aromatic N) is 1. The second kappa shape index (κ2) is 8.53. The number of rotatable bonds is 3. The van der Waals surface area contributed by atoms with Gasteiger partial charge in [0.2, 0.25) is 0 Å². The summed E-state index contributed by atoms with van der Waals surface area (Å²) in [6.07, 6.45) is 2.60. The first-order valence-corrected chi connectivity index (χ1v) is 5.74. The van der Waals surface area contributed by atoms with Crippen molar-refractivity contribution in [3.05, 3.63) is 29.0 Å². The summed E-state index contributed by atoms with van der Waals surface area (Å²) in [5, 5.41) is 6.67. The highest BCUT2D eigenvalue weighted by Gasteiger charge is 2.15. The molecule has 0 bridgehead atoms. The Morgan fingerprint density at radius 2 is 2.28 bits per heavy atom. The Bertz CT molecular complexity index is 366. The third-order valence-corrected chi connectivity index (χ3v) is 2.90. The summed E-state index contributed by atoms with van der Waals surface area (Å²) in [5.74, 6) is 0.403. The molecule has 1 aliphatic heterocycles. The summed E-state index contributed by atoms with van der Waals surface area (Å²) in [6, 6.07) is 3.30. The van der Waals surface area contributed by atoms with Gasteiger partial charge in [-0.1, -0.05) is 11.6 Å². The fourth-order valence-corrected chi connectivity index (χ4v) is 1.84. The highest BCUT2D eigenvalue weighted by Crippen LogP contribution is 2.07. The van der Waals surface area contributed by atoms with E-state index < -0.39 is 0 Å². The molecule has 0 spiro atoms. The van der Waals surface area contributed by atoms with Crippen molar-refractivity contribution in [2.75, 3.05) is 19.6 Å². The first kappa shape index (κ1) is 17.4. The average Bonchev–Trinajstić information content (AvgIpc) is 2.80. The molecule has 0 saturated carbocycles. The number of carbonyl (C=O) groups excluding carboxylic acids is 1. The fraction of sp³-hybridized carbons (Fsp3) is 0.455. The zero-order valence-corrected chi connectivity index (χ0v) is 12.1. The van der Waals surface area contributed by atoms with Gasteiger partial charge in [0.1, 0.15) is 5.69 Å². The molecule has 0 aromatic carbocycles. The quantitative estimate of drug-likeness (QED) is 0.896. The molecule has 1 atom stereocenters. The highest BCUT2D eigenvalue weighted by atomic mass is 35.5. The number of hydrogen-bond donors (Lipinski definition) is 2. The Balaban J connectivity index is 0.00000144. The lowest BCUT2D eigenvalue weighted by atomic mass is 10.1. The molecule has 4 nitrogen and oxygen atoms in total. The van der Waals surface area contributed by atoms with Crippen LogP contribution in [0.1, 0.15) is 16.9 Å². The van der Waals surface area contributed by atoms with E-state index in [1.165, 1.54) is 6.20 Å². The first-order chi connectivity index (χ1) is 7.75. The second-order valence-electron chi connectivity index (χ2n) is 3.93. The average molecular weight is 313 g/mol. The van der Waals surface area contributed by atoms with Crippen LogP contribution in [0.15, 0.2) is 18.3 Å². The maximum absolute atomic E-state index is 11.7. The van der Waals surface area contributed by atoms with E-state index in [4.69, 9.17) is 11.6 Å². The number of halogens is 3. The molecular formula is C11H16Cl3N3O. The molecule has 1 aromatic heterocycles. The normalized spacial score (nSPS) is 17.5. The summed E-state index contributed by atoms with van der Waals surface area (Å²) in [4.78, 5) is 15.6. The topological polar surface area (TPSA) is 54.0 Å². The Morgan fingerprint density at radius 1 is 1.50 bits per heavy atom. The van der Waals surface area contributed by atoms with Crippen LogP contribution in [0.5, 0.6) is 0 Å². The number of hydrogen-bond acceptors (Lipinski definition) is 3. The van der Waals surface area contributed by atoms with Crippen molar-refractivity contribution >= 4 is 42.3 Å². The van der Waals surface area contributed by atoms with Gasteiger partial charge < -0.3 is 10.6 Å². The van der Waals surface area contributed by atoms with Gasteiger partial charge in [-0.25, -0.2) is 4.98 Å². The van der Waals surface area contributed by atoms with Gasteiger partial charge in [0.05, 0.1) is 5.02 Å². The third-order valence-electron chi connectivity index (χ3n) is 2.67. The Labute approximate surface area is 124 Å². The van der Waals surface area contributed by atoms with Gasteiger partial charge in [0.25, 0.3) is 5.91 Å². The Kier molecular flexibility index (Phi) is 8.27. The second-order valence-corrected chi connectivity index (χ2v) is 4.37. The summed E-state index contributed by atoms with van der Waals surface area (Å²) in [6.45, 7) is 2.73. The smallest absolute Gasteiger partial charge is 0.269 e. The van der Waals surface area contributed by atoms with Crippen LogP contribution in [0.25, 0.3) is 0 Å². The summed E-state index contributed by atoms with van der Waals surface area (Å²) in [7, 11) is 0. The molecule has 102 valence electrons. The van der Waals surface area contributed by atoms with Crippen molar-refractivity contribution in [1.29, 1.82) is 0 Å². The van der Waals surface area contributed by atoms with E-state index in [2.05, 4.69) is 15.6 Å². The van der Waals surface area contributed by atoms with Crippen molar-refractivity contribution in [1.82, 2.24) is 15.6 Å². The molecule has 1 amide bonds. The van der Waals surface area contributed by atoms with E-state index in [0.29, 0.717) is 23.2 Å². The molecule has 7 heteroatoms. The summed E-state index contributed by atoms with van der Waals surface area (Å²) < 4.78 is 0. The summed E-state index contributed by atoms with van der Waals surface area (Å²) in [5.41, 5.74) is 0.412. The fourth-order valence-electron chi connectivity index (χ4n) is 1.73. The molecule has 2 N–H and O–H groups in total. The Morgan fingerprint density at radius 3 is 2.83 bits per heavy atom. The van der Waals surface area contributed by atoms with Crippen molar-refractivity contribution < 1.29 is 4.79 Å². The van der Waals surface area contributed by atoms with Crippen molar-refractivity contribution in [3.8, 4) is 0 Å². The van der Waals surface area contributed by atoms with Crippen LogP contribution in [-0.4, -0.2) is 30.5 Å². The number of nitrogens with one attached hydrogen (secondary N) is 2. The van der Waals surface area contributed by atoms with Gasteiger partial charge in [-0.3, -0.25) is 4.79 Å². The zero-order valence-electron chi connectivity index (χ0n) is 9.69. The van der Waals surface area contributed by atoms with Gasteiger partial charge in [-0.2, -0.15) is 0 Å². The third kappa shape index (κ3) is 4.98.